The number of hydrogen-bond donors (Lipinski definition) is 2. The molecule has 0 unspecified atom stereocenters. The van der Waals surface area contributed by atoms with Crippen molar-refractivity contribution in [2.75, 3.05) is 7.11 Å². The minimum absolute atomic E-state index is 0.0683. The monoisotopic (exact) mass is 300 g/mol. The lowest BCUT2D eigenvalue weighted by Crippen LogP contribution is -2.42. The quantitative estimate of drug-likeness (QED) is 0.809. The molecule has 3 N–H and O–H groups in total. The van der Waals surface area contributed by atoms with Gasteiger partial charge in [-0.05, 0) is 25.1 Å². The average molecular weight is 301 g/mol. The van der Waals surface area contributed by atoms with Crippen molar-refractivity contribution in [2.24, 2.45) is 5.73 Å². The first-order valence-corrected chi connectivity index (χ1v) is 5.87. The van der Waals surface area contributed by atoms with E-state index in [2.05, 4.69) is 0 Å². The summed E-state index contributed by atoms with van der Waals surface area (Å²) in [6, 6.07) is 3.35. The number of hydrogen-bond acceptors (Lipinski definition) is 5. The number of benzene rings is 1. The number of carbonyl (C=O) groups excluding carboxylic acids is 3. The van der Waals surface area contributed by atoms with Gasteiger partial charge in [-0.1, -0.05) is 11.6 Å². The van der Waals surface area contributed by atoms with E-state index >= 15 is 0 Å². The molecule has 8 heteroatoms. The summed E-state index contributed by atoms with van der Waals surface area (Å²) in [6.45, 7) is 1.30. The number of amides is 3. The van der Waals surface area contributed by atoms with Crippen LogP contribution in [-0.4, -0.2) is 31.1 Å². The Hall–Kier alpha value is -2.28. The fraction of sp³-hybridized carbons (Fsp3) is 0.250. The number of primary amides is 1. The molecule has 0 aromatic heterocycles. The summed E-state index contributed by atoms with van der Waals surface area (Å²) in [5.41, 5.74) is 4.86. The normalized spacial score (nSPS) is 11.3. The second kappa shape index (κ2) is 6.76. The van der Waals surface area contributed by atoms with Gasteiger partial charge < -0.3 is 15.2 Å². The zero-order chi connectivity index (χ0) is 15.3. The summed E-state index contributed by atoms with van der Waals surface area (Å²) in [6.07, 6.45) is -1.20. The van der Waals surface area contributed by atoms with Crippen LogP contribution in [0.3, 0.4) is 0 Å². The summed E-state index contributed by atoms with van der Waals surface area (Å²) >= 11 is 5.78. The number of urea groups is 1. The highest BCUT2D eigenvalue weighted by atomic mass is 35.5. The molecule has 0 fully saturated rings. The Morgan fingerprint density at radius 1 is 1.35 bits per heavy atom. The van der Waals surface area contributed by atoms with Crippen LogP contribution in [0.25, 0.3) is 0 Å². The standard InChI is InChI=1S/C12H13ClN2O5/c1-6(10(16)15-12(14)18)20-11(17)8-5-7(13)3-4-9(8)19-2/h3-6H,1-2H3,(H3,14,15,16,18)/t6-/m0/s1. The van der Waals surface area contributed by atoms with E-state index in [4.69, 9.17) is 26.8 Å². The molecule has 0 heterocycles. The van der Waals surface area contributed by atoms with E-state index in [1.807, 2.05) is 0 Å². The van der Waals surface area contributed by atoms with Gasteiger partial charge in [0, 0.05) is 5.02 Å². The first-order valence-electron chi connectivity index (χ1n) is 5.50. The lowest BCUT2D eigenvalue weighted by Gasteiger charge is -2.13. The molecule has 0 aliphatic heterocycles. The van der Waals surface area contributed by atoms with Crippen LogP contribution in [-0.2, 0) is 9.53 Å². The Bertz CT molecular complexity index is 547. The van der Waals surface area contributed by atoms with Gasteiger partial charge in [0.15, 0.2) is 6.10 Å². The third-order valence-electron chi connectivity index (χ3n) is 2.28. The van der Waals surface area contributed by atoms with Gasteiger partial charge in [-0.3, -0.25) is 10.1 Å². The third-order valence-corrected chi connectivity index (χ3v) is 2.52. The second-order valence-electron chi connectivity index (χ2n) is 3.75. The van der Waals surface area contributed by atoms with Crippen molar-refractivity contribution < 1.29 is 23.9 Å². The smallest absolute Gasteiger partial charge is 0.342 e. The molecule has 1 rings (SSSR count). The Kier molecular flexibility index (Phi) is 5.33. The molecule has 20 heavy (non-hydrogen) atoms. The van der Waals surface area contributed by atoms with Gasteiger partial charge in [0.05, 0.1) is 7.11 Å². The Balaban J connectivity index is 2.83. The van der Waals surface area contributed by atoms with Crippen molar-refractivity contribution in [1.82, 2.24) is 5.32 Å². The minimum atomic E-state index is -1.20. The van der Waals surface area contributed by atoms with E-state index in [9.17, 15) is 14.4 Å². The molecule has 1 aromatic carbocycles. The van der Waals surface area contributed by atoms with Gasteiger partial charge in [-0.25, -0.2) is 9.59 Å². The molecule has 0 aliphatic carbocycles. The van der Waals surface area contributed by atoms with E-state index < -0.39 is 24.0 Å². The fourth-order valence-electron chi connectivity index (χ4n) is 1.34. The molecule has 0 bridgehead atoms. The van der Waals surface area contributed by atoms with Crippen LogP contribution in [0.5, 0.6) is 5.75 Å². The van der Waals surface area contributed by atoms with E-state index in [0.29, 0.717) is 5.02 Å². The highest BCUT2D eigenvalue weighted by molar-refractivity contribution is 6.31. The van der Waals surface area contributed by atoms with Crippen molar-refractivity contribution in [3.8, 4) is 5.75 Å². The van der Waals surface area contributed by atoms with E-state index in [1.165, 1.54) is 26.2 Å². The topological polar surface area (TPSA) is 108 Å². The number of halogens is 1. The SMILES string of the molecule is COc1ccc(Cl)cc1C(=O)O[C@@H](C)C(=O)NC(N)=O. The van der Waals surface area contributed by atoms with E-state index in [1.54, 1.807) is 11.4 Å². The molecule has 108 valence electrons. The largest absolute Gasteiger partial charge is 0.496 e. The molecule has 0 aliphatic rings. The van der Waals surface area contributed by atoms with Gasteiger partial charge in [0.1, 0.15) is 11.3 Å². The first-order chi connectivity index (χ1) is 9.35. The molecule has 1 atom stereocenters. The highest BCUT2D eigenvalue weighted by Gasteiger charge is 2.22. The second-order valence-corrected chi connectivity index (χ2v) is 4.18. The van der Waals surface area contributed by atoms with Gasteiger partial charge in [-0.15, -0.1) is 0 Å². The summed E-state index contributed by atoms with van der Waals surface area (Å²) in [5.74, 6) is -1.38. The molecular weight excluding hydrogens is 288 g/mol. The number of carbonyl (C=O) groups is 3. The number of imide groups is 1. The fourth-order valence-corrected chi connectivity index (χ4v) is 1.51. The van der Waals surface area contributed by atoms with Crippen LogP contribution in [0.15, 0.2) is 18.2 Å². The van der Waals surface area contributed by atoms with Crippen LogP contribution in [0.4, 0.5) is 4.79 Å². The Morgan fingerprint density at radius 2 is 2.00 bits per heavy atom. The first kappa shape index (κ1) is 15.8. The summed E-state index contributed by atoms with van der Waals surface area (Å²) in [5, 5.41) is 2.12. The minimum Gasteiger partial charge on any atom is -0.496 e. The van der Waals surface area contributed by atoms with Crippen LogP contribution in [0.2, 0.25) is 5.02 Å². The number of methoxy groups -OCH3 is 1. The van der Waals surface area contributed by atoms with Crippen molar-refractivity contribution in [3.63, 3.8) is 0 Å². The van der Waals surface area contributed by atoms with Crippen LogP contribution >= 0.6 is 11.6 Å². The lowest BCUT2D eigenvalue weighted by atomic mass is 10.2. The van der Waals surface area contributed by atoms with Gasteiger partial charge >= 0.3 is 12.0 Å². The summed E-state index contributed by atoms with van der Waals surface area (Å²) in [7, 11) is 1.38. The van der Waals surface area contributed by atoms with Crippen molar-refractivity contribution in [2.45, 2.75) is 13.0 Å². The average Bonchev–Trinajstić information content (AvgIpc) is 2.37. The molecule has 1 aromatic rings. The maximum Gasteiger partial charge on any atom is 0.342 e. The third kappa shape index (κ3) is 4.13. The van der Waals surface area contributed by atoms with Gasteiger partial charge in [-0.2, -0.15) is 0 Å². The van der Waals surface area contributed by atoms with Crippen molar-refractivity contribution >= 4 is 29.5 Å². The number of esters is 1. The number of rotatable bonds is 4. The van der Waals surface area contributed by atoms with Crippen molar-refractivity contribution in [1.29, 1.82) is 0 Å². The molecule has 0 saturated carbocycles. The zero-order valence-electron chi connectivity index (χ0n) is 10.8. The van der Waals surface area contributed by atoms with Gasteiger partial charge in [0.25, 0.3) is 5.91 Å². The molecule has 7 nitrogen and oxygen atoms in total. The molecule has 0 spiro atoms. The van der Waals surface area contributed by atoms with Gasteiger partial charge in [0.2, 0.25) is 0 Å². The maximum atomic E-state index is 11.9. The van der Waals surface area contributed by atoms with Crippen LogP contribution < -0.4 is 15.8 Å². The highest BCUT2D eigenvalue weighted by Crippen LogP contribution is 2.23. The van der Waals surface area contributed by atoms with E-state index in [-0.39, 0.29) is 11.3 Å². The van der Waals surface area contributed by atoms with Crippen molar-refractivity contribution in [3.05, 3.63) is 28.8 Å². The predicted octanol–water partition coefficient (Wildman–Crippen LogP) is 1.09. The lowest BCUT2D eigenvalue weighted by molar-refractivity contribution is -0.127. The van der Waals surface area contributed by atoms with E-state index in [0.717, 1.165) is 0 Å². The van der Waals surface area contributed by atoms with Crippen LogP contribution in [0.1, 0.15) is 17.3 Å². The number of nitrogens with one attached hydrogen (secondary N) is 1. The Labute approximate surface area is 120 Å². The number of nitrogens with two attached hydrogens (primary N) is 1. The predicted molar refractivity (Wildman–Crippen MR) is 70.6 cm³/mol. The molecule has 0 saturated heterocycles. The molecular formula is C12H13ClN2O5. The van der Waals surface area contributed by atoms with Crippen LogP contribution in [0, 0.1) is 0 Å². The summed E-state index contributed by atoms with van der Waals surface area (Å²) < 4.78 is 9.89. The number of ether oxygens (including phenoxy) is 2. The molecule has 0 radical (unpaired) electrons. The summed E-state index contributed by atoms with van der Waals surface area (Å²) in [4.78, 5) is 33.8. The Morgan fingerprint density at radius 3 is 2.55 bits per heavy atom. The maximum absolute atomic E-state index is 11.9. The molecule has 3 amide bonds. The zero-order valence-corrected chi connectivity index (χ0v) is 11.6.